The number of ketones is 1. The number of halogens is 1. The van der Waals surface area contributed by atoms with Crippen LogP contribution in [0.4, 0.5) is 4.39 Å². The van der Waals surface area contributed by atoms with Crippen LogP contribution in [0, 0.1) is 34.5 Å². The van der Waals surface area contributed by atoms with Crippen LogP contribution in [0.2, 0.25) is 0 Å². The Kier molecular flexibility index (Phi) is 5.53. The van der Waals surface area contributed by atoms with Crippen molar-refractivity contribution in [3.63, 3.8) is 0 Å². The number of amides is 1. The van der Waals surface area contributed by atoms with Gasteiger partial charge in [-0.15, -0.1) is 0 Å². The first-order valence-corrected chi connectivity index (χ1v) is 12.1. The van der Waals surface area contributed by atoms with Crippen LogP contribution in [-0.4, -0.2) is 45.8 Å². The van der Waals surface area contributed by atoms with Gasteiger partial charge in [-0.1, -0.05) is 39.3 Å². The molecule has 0 aromatic rings. The molecule has 178 valence electrons. The van der Waals surface area contributed by atoms with Crippen LogP contribution in [-0.2, 0) is 9.59 Å². The van der Waals surface area contributed by atoms with E-state index in [4.69, 9.17) is 0 Å². The Morgan fingerprint density at radius 1 is 1.31 bits per heavy atom. The molecule has 5 nitrogen and oxygen atoms in total. The molecule has 8 unspecified atom stereocenters. The van der Waals surface area contributed by atoms with E-state index in [1.807, 2.05) is 13.8 Å². The molecule has 4 aliphatic rings. The van der Waals surface area contributed by atoms with Crippen molar-refractivity contribution in [2.45, 2.75) is 84.1 Å². The lowest BCUT2D eigenvalue weighted by molar-refractivity contribution is -0.219. The predicted octanol–water partition coefficient (Wildman–Crippen LogP) is 3.50. The van der Waals surface area contributed by atoms with Crippen LogP contribution in [0.1, 0.15) is 66.7 Å². The number of allylic oxidation sites excluding steroid dienone is 4. The number of rotatable bonds is 4. The maximum Gasteiger partial charge on any atom is 0.252 e. The van der Waals surface area contributed by atoms with Crippen LogP contribution < -0.4 is 5.32 Å². The van der Waals surface area contributed by atoms with Gasteiger partial charge >= 0.3 is 0 Å². The molecule has 3 saturated carbocycles. The SMILES string of the molecule is CC(C)CCNC(=O)C1(O)C(C)CC2C3CCC4=CC(=O)C=CC4(C)C3(F)C(O)CC21C. The summed E-state index contributed by atoms with van der Waals surface area (Å²) >= 11 is 0. The molecule has 0 radical (unpaired) electrons. The second-order valence-electron chi connectivity index (χ2n) is 11.6. The van der Waals surface area contributed by atoms with Gasteiger partial charge in [0, 0.05) is 23.3 Å². The smallest absolute Gasteiger partial charge is 0.252 e. The van der Waals surface area contributed by atoms with Crippen LogP contribution in [0.15, 0.2) is 23.8 Å². The Morgan fingerprint density at radius 3 is 2.66 bits per heavy atom. The second kappa shape index (κ2) is 7.49. The molecule has 4 aliphatic carbocycles. The van der Waals surface area contributed by atoms with Crippen LogP contribution >= 0.6 is 0 Å². The summed E-state index contributed by atoms with van der Waals surface area (Å²) in [6, 6.07) is 0. The summed E-state index contributed by atoms with van der Waals surface area (Å²) in [7, 11) is 0. The van der Waals surface area contributed by atoms with Gasteiger partial charge in [0.1, 0.15) is 0 Å². The lowest BCUT2D eigenvalue weighted by atomic mass is 9.44. The maximum atomic E-state index is 17.1. The van der Waals surface area contributed by atoms with Gasteiger partial charge in [-0.2, -0.15) is 0 Å². The molecule has 8 atom stereocenters. The van der Waals surface area contributed by atoms with Crippen molar-refractivity contribution in [3.8, 4) is 0 Å². The van der Waals surface area contributed by atoms with Gasteiger partial charge in [0.15, 0.2) is 17.1 Å². The zero-order valence-electron chi connectivity index (χ0n) is 20.0. The Labute approximate surface area is 190 Å². The monoisotopic (exact) mass is 447 g/mol. The first-order valence-electron chi connectivity index (χ1n) is 12.1. The van der Waals surface area contributed by atoms with Crippen molar-refractivity contribution in [2.75, 3.05) is 6.54 Å². The van der Waals surface area contributed by atoms with E-state index in [0.717, 1.165) is 12.0 Å². The maximum absolute atomic E-state index is 17.1. The van der Waals surface area contributed by atoms with Gasteiger partial charge in [-0.3, -0.25) is 9.59 Å². The molecule has 0 aromatic heterocycles. The fraction of sp³-hybridized carbons (Fsp3) is 0.769. The lowest BCUT2D eigenvalue weighted by Gasteiger charge is -2.62. The summed E-state index contributed by atoms with van der Waals surface area (Å²) in [4.78, 5) is 25.2. The van der Waals surface area contributed by atoms with E-state index in [-0.39, 0.29) is 24.0 Å². The van der Waals surface area contributed by atoms with Gasteiger partial charge in [-0.05, 0) is 68.9 Å². The van der Waals surface area contributed by atoms with Crippen LogP contribution in [0.3, 0.4) is 0 Å². The minimum Gasteiger partial charge on any atom is -0.390 e. The molecule has 1 amide bonds. The van der Waals surface area contributed by atoms with E-state index in [0.29, 0.717) is 31.7 Å². The molecule has 0 bridgehead atoms. The molecule has 0 aromatic carbocycles. The molecular weight excluding hydrogens is 409 g/mol. The zero-order chi connectivity index (χ0) is 23.7. The molecule has 0 aliphatic heterocycles. The van der Waals surface area contributed by atoms with E-state index in [1.54, 1.807) is 13.0 Å². The average molecular weight is 448 g/mol. The van der Waals surface area contributed by atoms with Gasteiger partial charge in [-0.25, -0.2) is 4.39 Å². The van der Waals surface area contributed by atoms with Gasteiger partial charge in [0.25, 0.3) is 5.91 Å². The highest BCUT2D eigenvalue weighted by molar-refractivity contribution is 6.01. The molecule has 0 spiro atoms. The fourth-order valence-corrected chi connectivity index (χ4v) is 7.64. The predicted molar refractivity (Wildman–Crippen MR) is 120 cm³/mol. The highest BCUT2D eigenvalue weighted by atomic mass is 19.1. The van der Waals surface area contributed by atoms with Crippen molar-refractivity contribution >= 4 is 11.7 Å². The third kappa shape index (κ3) is 2.87. The molecule has 3 fully saturated rings. The Bertz CT molecular complexity index is 883. The number of hydrogen-bond donors (Lipinski definition) is 3. The lowest BCUT2D eigenvalue weighted by Crippen LogP contribution is -2.70. The number of aliphatic hydroxyl groups excluding tert-OH is 1. The quantitative estimate of drug-likeness (QED) is 0.616. The van der Waals surface area contributed by atoms with Crippen molar-refractivity contribution < 1.29 is 24.2 Å². The molecule has 0 saturated heterocycles. The largest absolute Gasteiger partial charge is 0.390 e. The van der Waals surface area contributed by atoms with E-state index < -0.39 is 40.0 Å². The standard InChI is InChI=1S/C26H38FNO4/c1-15(2)9-11-28-22(31)26(32)16(3)12-20-19-7-6-17-13-18(29)8-10-23(17,4)25(19,27)21(30)14-24(20,26)5/h8,10,13,15-16,19-21,30,32H,6-7,9,11-12,14H2,1-5H3,(H,28,31). The topological polar surface area (TPSA) is 86.6 Å². The van der Waals surface area contributed by atoms with Gasteiger partial charge in [0.05, 0.1) is 6.10 Å². The highest BCUT2D eigenvalue weighted by Crippen LogP contribution is 2.70. The Morgan fingerprint density at radius 2 is 2.00 bits per heavy atom. The van der Waals surface area contributed by atoms with Crippen molar-refractivity contribution in [3.05, 3.63) is 23.8 Å². The van der Waals surface area contributed by atoms with Gasteiger partial charge in [0.2, 0.25) is 0 Å². The third-order valence-electron chi connectivity index (χ3n) is 9.58. The van der Waals surface area contributed by atoms with E-state index >= 15 is 4.39 Å². The summed E-state index contributed by atoms with van der Waals surface area (Å²) in [6.07, 6.45) is 5.64. The Hall–Kier alpha value is -1.53. The fourth-order valence-electron chi connectivity index (χ4n) is 7.64. The minimum absolute atomic E-state index is 0.00770. The third-order valence-corrected chi connectivity index (χ3v) is 9.58. The molecule has 0 heterocycles. The Balaban J connectivity index is 1.70. The second-order valence-corrected chi connectivity index (χ2v) is 11.6. The highest BCUT2D eigenvalue weighted by Gasteiger charge is 2.75. The number of alkyl halides is 1. The number of carbonyl (C=O) groups excluding carboxylic acids is 2. The number of hydrogen-bond acceptors (Lipinski definition) is 4. The van der Waals surface area contributed by atoms with E-state index in [2.05, 4.69) is 19.2 Å². The summed E-state index contributed by atoms with van der Waals surface area (Å²) in [5, 5.41) is 26.1. The molecule has 3 N–H and O–H groups in total. The van der Waals surface area contributed by atoms with Gasteiger partial charge < -0.3 is 15.5 Å². The molecule has 6 heteroatoms. The summed E-state index contributed by atoms with van der Waals surface area (Å²) in [6.45, 7) is 10.1. The number of aliphatic hydroxyl groups is 2. The molecule has 4 rings (SSSR count). The first kappa shape index (κ1) is 23.6. The minimum atomic E-state index is -1.95. The van der Waals surface area contributed by atoms with Crippen molar-refractivity contribution in [2.24, 2.45) is 34.5 Å². The van der Waals surface area contributed by atoms with Crippen LogP contribution in [0.5, 0.6) is 0 Å². The number of carbonyl (C=O) groups is 2. The zero-order valence-corrected chi connectivity index (χ0v) is 20.0. The first-order chi connectivity index (χ1) is 14.8. The number of nitrogens with one attached hydrogen (secondary N) is 1. The summed E-state index contributed by atoms with van der Waals surface area (Å²) in [5.74, 6) is -1.21. The van der Waals surface area contributed by atoms with E-state index in [1.165, 1.54) is 12.2 Å². The molecule has 32 heavy (non-hydrogen) atoms. The number of fused-ring (bicyclic) bond motifs is 5. The van der Waals surface area contributed by atoms with Crippen molar-refractivity contribution in [1.29, 1.82) is 0 Å². The average Bonchev–Trinajstić information content (AvgIpc) is 2.91. The van der Waals surface area contributed by atoms with Crippen molar-refractivity contribution in [1.82, 2.24) is 5.32 Å². The summed E-state index contributed by atoms with van der Waals surface area (Å²) in [5.41, 5.74) is -4.86. The van der Waals surface area contributed by atoms with Crippen LogP contribution in [0.25, 0.3) is 0 Å². The molecular formula is C26H38FNO4. The summed E-state index contributed by atoms with van der Waals surface area (Å²) < 4.78 is 17.1. The normalized spacial score (nSPS) is 47.5. The van der Waals surface area contributed by atoms with E-state index in [9.17, 15) is 19.8 Å².